The number of aliphatic hydroxyl groups is 1. The van der Waals surface area contributed by atoms with Crippen molar-refractivity contribution in [2.75, 3.05) is 5.32 Å². The number of aromatic nitrogens is 4. The number of rotatable bonds is 1. The second-order valence-corrected chi connectivity index (χ2v) is 4.43. The zero-order valence-electron chi connectivity index (χ0n) is 9.58. The first-order chi connectivity index (χ1) is 8.08. The molecule has 2 N–H and O–H groups in total. The summed E-state index contributed by atoms with van der Waals surface area (Å²) in [5, 5.41) is 12.2. The predicted octanol–water partition coefficient (Wildman–Crippen LogP) is -0.0822. The van der Waals surface area contributed by atoms with Gasteiger partial charge >= 0.3 is 0 Å². The molecule has 17 heavy (non-hydrogen) atoms. The molecular weight excluding hydrogens is 222 g/mol. The van der Waals surface area contributed by atoms with E-state index in [4.69, 9.17) is 0 Å². The van der Waals surface area contributed by atoms with Gasteiger partial charge < -0.3 is 15.0 Å². The van der Waals surface area contributed by atoms with Crippen molar-refractivity contribution in [1.82, 2.24) is 19.1 Å². The van der Waals surface area contributed by atoms with Crippen LogP contribution in [0.1, 0.15) is 19.9 Å². The molecule has 0 aromatic carbocycles. The number of anilines is 1. The minimum Gasteiger partial charge on any atom is -0.372 e. The Kier molecular flexibility index (Phi) is 1.99. The molecule has 2 aromatic rings. The minimum atomic E-state index is -0.755. The molecular formula is C10H13N5O2. The molecule has 1 unspecified atom stereocenters. The molecule has 1 aliphatic rings. The van der Waals surface area contributed by atoms with Crippen LogP contribution in [-0.4, -0.2) is 30.4 Å². The molecule has 0 saturated carbocycles. The number of nitrogens with zero attached hydrogens (tertiary/aromatic N) is 4. The Morgan fingerprint density at radius 2 is 2.35 bits per heavy atom. The van der Waals surface area contributed by atoms with Gasteiger partial charge in [-0.15, -0.1) is 0 Å². The van der Waals surface area contributed by atoms with Crippen molar-refractivity contribution in [2.45, 2.75) is 32.7 Å². The van der Waals surface area contributed by atoms with Gasteiger partial charge in [-0.1, -0.05) is 0 Å². The average Bonchev–Trinajstić information content (AvgIpc) is 2.81. The maximum Gasteiger partial charge on any atom is 0.283 e. The van der Waals surface area contributed by atoms with E-state index < -0.39 is 6.23 Å². The van der Waals surface area contributed by atoms with Gasteiger partial charge in [0.1, 0.15) is 6.23 Å². The zero-order chi connectivity index (χ0) is 12.2. The van der Waals surface area contributed by atoms with Gasteiger partial charge in [0, 0.05) is 6.04 Å². The summed E-state index contributed by atoms with van der Waals surface area (Å²) in [6.07, 6.45) is 0.866. The highest BCUT2D eigenvalue weighted by Crippen LogP contribution is 2.18. The second-order valence-electron chi connectivity index (χ2n) is 4.43. The van der Waals surface area contributed by atoms with E-state index in [0.29, 0.717) is 17.1 Å². The Balaban J connectivity index is 2.33. The molecule has 0 saturated heterocycles. The van der Waals surface area contributed by atoms with Crippen LogP contribution in [0.15, 0.2) is 11.1 Å². The summed E-state index contributed by atoms with van der Waals surface area (Å²) in [5.41, 5.74) is 0.685. The van der Waals surface area contributed by atoms with Gasteiger partial charge in [0.25, 0.3) is 5.56 Å². The fourth-order valence-corrected chi connectivity index (χ4v) is 2.03. The van der Waals surface area contributed by atoms with Crippen LogP contribution in [0, 0.1) is 0 Å². The second kappa shape index (κ2) is 3.30. The molecule has 3 rings (SSSR count). The summed E-state index contributed by atoms with van der Waals surface area (Å²) >= 11 is 0. The molecule has 7 heteroatoms. The van der Waals surface area contributed by atoms with Crippen molar-refractivity contribution >= 4 is 17.1 Å². The van der Waals surface area contributed by atoms with Crippen LogP contribution in [0.2, 0.25) is 0 Å². The maximum absolute atomic E-state index is 12.1. The third-order valence-corrected chi connectivity index (χ3v) is 2.89. The number of hydrogen-bond donors (Lipinski definition) is 2. The molecule has 1 atom stereocenters. The Morgan fingerprint density at radius 3 is 3.06 bits per heavy atom. The highest BCUT2D eigenvalue weighted by atomic mass is 16.3. The summed E-state index contributed by atoms with van der Waals surface area (Å²) in [6.45, 7) is 4.21. The summed E-state index contributed by atoms with van der Waals surface area (Å²) in [4.78, 5) is 20.5. The van der Waals surface area contributed by atoms with Gasteiger partial charge in [-0.05, 0) is 13.8 Å². The SMILES string of the molecule is CC(C)n1cnc2c(=O)n3c(nc21)NC(O)C3. The molecule has 0 radical (unpaired) electrons. The fraction of sp³-hybridized carbons (Fsp3) is 0.500. The third kappa shape index (κ3) is 1.35. The van der Waals surface area contributed by atoms with Crippen LogP contribution in [0.3, 0.4) is 0 Å². The van der Waals surface area contributed by atoms with Crippen molar-refractivity contribution in [2.24, 2.45) is 0 Å². The van der Waals surface area contributed by atoms with Crippen LogP contribution in [-0.2, 0) is 6.54 Å². The Hall–Kier alpha value is -1.89. The number of aliphatic hydroxyl groups excluding tert-OH is 1. The Morgan fingerprint density at radius 1 is 1.59 bits per heavy atom. The lowest BCUT2D eigenvalue weighted by Gasteiger charge is -2.07. The monoisotopic (exact) mass is 235 g/mol. The average molecular weight is 235 g/mol. The van der Waals surface area contributed by atoms with Gasteiger partial charge in [-0.2, -0.15) is 4.98 Å². The minimum absolute atomic E-state index is 0.182. The van der Waals surface area contributed by atoms with Gasteiger partial charge in [0.2, 0.25) is 5.95 Å². The lowest BCUT2D eigenvalue weighted by molar-refractivity contribution is 0.197. The molecule has 7 nitrogen and oxygen atoms in total. The molecule has 3 heterocycles. The normalized spacial score (nSPS) is 18.7. The van der Waals surface area contributed by atoms with E-state index in [-0.39, 0.29) is 18.1 Å². The van der Waals surface area contributed by atoms with Gasteiger partial charge in [0.15, 0.2) is 11.2 Å². The quantitative estimate of drug-likeness (QED) is 0.722. The van der Waals surface area contributed by atoms with E-state index in [2.05, 4.69) is 15.3 Å². The Bertz CT molecular complexity index is 642. The zero-order valence-corrected chi connectivity index (χ0v) is 9.58. The van der Waals surface area contributed by atoms with Gasteiger partial charge in [-0.3, -0.25) is 9.36 Å². The number of fused-ring (bicyclic) bond motifs is 2. The predicted molar refractivity (Wildman–Crippen MR) is 61.8 cm³/mol. The summed E-state index contributed by atoms with van der Waals surface area (Å²) < 4.78 is 3.24. The lowest BCUT2D eigenvalue weighted by Crippen LogP contribution is -2.21. The van der Waals surface area contributed by atoms with Crippen molar-refractivity contribution < 1.29 is 5.11 Å². The highest BCUT2D eigenvalue weighted by Gasteiger charge is 2.24. The largest absolute Gasteiger partial charge is 0.372 e. The van der Waals surface area contributed by atoms with Crippen molar-refractivity contribution in [3.8, 4) is 0 Å². The fourth-order valence-electron chi connectivity index (χ4n) is 2.03. The van der Waals surface area contributed by atoms with Crippen LogP contribution in [0.25, 0.3) is 11.2 Å². The molecule has 0 fully saturated rings. The standard InChI is InChI=1S/C10H13N5O2/c1-5(2)15-4-11-7-8(15)13-10-12-6(16)3-14(10)9(7)17/h4-6,16H,3H2,1-2H3,(H,12,13). The van der Waals surface area contributed by atoms with Crippen molar-refractivity contribution in [1.29, 1.82) is 0 Å². The molecule has 0 spiro atoms. The van der Waals surface area contributed by atoms with Gasteiger partial charge in [-0.25, -0.2) is 4.98 Å². The smallest absolute Gasteiger partial charge is 0.283 e. The van der Waals surface area contributed by atoms with E-state index in [9.17, 15) is 9.90 Å². The maximum atomic E-state index is 12.1. The van der Waals surface area contributed by atoms with E-state index in [1.807, 2.05) is 18.4 Å². The number of imidazole rings is 1. The summed E-state index contributed by atoms with van der Waals surface area (Å²) in [5.74, 6) is 0.400. The molecule has 0 bridgehead atoms. The van der Waals surface area contributed by atoms with E-state index >= 15 is 0 Å². The highest BCUT2D eigenvalue weighted by molar-refractivity contribution is 5.71. The number of hydrogen-bond acceptors (Lipinski definition) is 5. The van der Waals surface area contributed by atoms with Crippen LogP contribution < -0.4 is 10.9 Å². The molecule has 2 aromatic heterocycles. The summed E-state index contributed by atoms with van der Waals surface area (Å²) in [7, 11) is 0. The van der Waals surface area contributed by atoms with Gasteiger partial charge in [0.05, 0.1) is 12.9 Å². The van der Waals surface area contributed by atoms with E-state index in [1.165, 1.54) is 4.57 Å². The first kappa shape index (κ1) is 10.3. The van der Waals surface area contributed by atoms with Crippen molar-refractivity contribution in [3.05, 3.63) is 16.7 Å². The first-order valence-corrected chi connectivity index (χ1v) is 5.50. The lowest BCUT2D eigenvalue weighted by atomic mass is 10.4. The topological polar surface area (TPSA) is 85.0 Å². The molecule has 1 aliphatic heterocycles. The first-order valence-electron chi connectivity index (χ1n) is 5.50. The van der Waals surface area contributed by atoms with E-state index in [0.717, 1.165) is 0 Å². The van der Waals surface area contributed by atoms with Crippen LogP contribution in [0.5, 0.6) is 0 Å². The van der Waals surface area contributed by atoms with Crippen LogP contribution in [0.4, 0.5) is 5.95 Å². The number of nitrogens with one attached hydrogen (secondary N) is 1. The Labute approximate surface area is 96.7 Å². The third-order valence-electron chi connectivity index (χ3n) is 2.89. The molecule has 0 aliphatic carbocycles. The summed E-state index contributed by atoms with van der Waals surface area (Å²) in [6, 6.07) is 0.182. The van der Waals surface area contributed by atoms with Crippen molar-refractivity contribution in [3.63, 3.8) is 0 Å². The molecule has 90 valence electrons. The molecule has 0 amide bonds. The van der Waals surface area contributed by atoms with E-state index in [1.54, 1.807) is 6.33 Å². The van der Waals surface area contributed by atoms with Crippen LogP contribution >= 0.6 is 0 Å².